The molecule has 0 bridgehead atoms. The zero-order chi connectivity index (χ0) is 11.1. The van der Waals surface area contributed by atoms with E-state index in [1.807, 2.05) is 31.5 Å². The minimum Gasteiger partial charge on any atom is -0.393 e. The van der Waals surface area contributed by atoms with Crippen molar-refractivity contribution in [3.63, 3.8) is 0 Å². The highest BCUT2D eigenvalue weighted by molar-refractivity contribution is 5.09. The Labute approximate surface area is 91.8 Å². The van der Waals surface area contributed by atoms with E-state index in [4.69, 9.17) is 0 Å². The molecule has 0 saturated heterocycles. The largest absolute Gasteiger partial charge is 0.393 e. The molecule has 0 aliphatic heterocycles. The predicted octanol–water partition coefficient (Wildman–Crippen LogP) is 1.67. The summed E-state index contributed by atoms with van der Waals surface area (Å²) < 4.78 is 0. The number of nitrogens with zero attached hydrogens (tertiary/aromatic N) is 2. The Bertz CT molecular complexity index is 262. The second kappa shape index (κ2) is 6.53. The van der Waals surface area contributed by atoms with Gasteiger partial charge in [0.1, 0.15) is 0 Å². The zero-order valence-electron chi connectivity index (χ0n) is 9.56. The molecule has 0 aromatic carbocycles. The summed E-state index contributed by atoms with van der Waals surface area (Å²) in [5.74, 6) is 0. The van der Waals surface area contributed by atoms with Crippen molar-refractivity contribution in [3.05, 3.63) is 30.1 Å². The maximum absolute atomic E-state index is 9.23. The van der Waals surface area contributed by atoms with Crippen molar-refractivity contribution in [1.82, 2.24) is 9.88 Å². The molecule has 0 fully saturated rings. The molecule has 1 unspecified atom stereocenters. The standard InChI is InChI=1S/C12H20N2O/c1-3-14(9-6-11(2)15)10-12-4-7-13-8-5-12/h4-5,7-8,11,15H,3,6,9-10H2,1-2H3. The summed E-state index contributed by atoms with van der Waals surface area (Å²) in [6.45, 7) is 6.86. The van der Waals surface area contributed by atoms with E-state index in [0.29, 0.717) is 0 Å². The van der Waals surface area contributed by atoms with Crippen LogP contribution in [0.2, 0.25) is 0 Å². The number of hydrogen-bond acceptors (Lipinski definition) is 3. The summed E-state index contributed by atoms with van der Waals surface area (Å²) in [6.07, 6.45) is 4.26. The van der Waals surface area contributed by atoms with Crippen LogP contribution in [-0.2, 0) is 6.54 Å². The SMILES string of the molecule is CCN(CCC(C)O)Cc1ccncc1. The highest BCUT2D eigenvalue weighted by atomic mass is 16.3. The summed E-state index contributed by atoms with van der Waals surface area (Å²) in [5.41, 5.74) is 1.28. The van der Waals surface area contributed by atoms with E-state index in [-0.39, 0.29) is 6.10 Å². The molecule has 1 rings (SSSR count). The number of aliphatic hydroxyl groups excluding tert-OH is 1. The van der Waals surface area contributed by atoms with Gasteiger partial charge in [0.2, 0.25) is 0 Å². The molecular formula is C12H20N2O. The molecule has 15 heavy (non-hydrogen) atoms. The maximum Gasteiger partial charge on any atom is 0.0524 e. The molecule has 1 heterocycles. The van der Waals surface area contributed by atoms with Gasteiger partial charge in [0.25, 0.3) is 0 Å². The third-order valence-electron chi connectivity index (χ3n) is 2.47. The Morgan fingerprint density at radius 2 is 2.07 bits per heavy atom. The number of pyridine rings is 1. The summed E-state index contributed by atoms with van der Waals surface area (Å²) in [4.78, 5) is 6.32. The Morgan fingerprint density at radius 3 is 2.60 bits per heavy atom. The molecular weight excluding hydrogens is 188 g/mol. The zero-order valence-corrected chi connectivity index (χ0v) is 9.56. The Hall–Kier alpha value is -0.930. The van der Waals surface area contributed by atoms with Crippen molar-refractivity contribution < 1.29 is 5.11 Å². The van der Waals surface area contributed by atoms with Gasteiger partial charge in [-0.1, -0.05) is 6.92 Å². The van der Waals surface area contributed by atoms with E-state index in [9.17, 15) is 5.11 Å². The van der Waals surface area contributed by atoms with Crippen LogP contribution in [0.3, 0.4) is 0 Å². The first-order valence-electron chi connectivity index (χ1n) is 5.51. The third kappa shape index (κ3) is 4.91. The lowest BCUT2D eigenvalue weighted by Crippen LogP contribution is -2.26. The number of hydrogen-bond donors (Lipinski definition) is 1. The van der Waals surface area contributed by atoms with E-state index in [0.717, 1.165) is 26.1 Å². The maximum atomic E-state index is 9.23. The van der Waals surface area contributed by atoms with E-state index in [1.54, 1.807) is 0 Å². The summed E-state index contributed by atoms with van der Waals surface area (Å²) in [7, 11) is 0. The average Bonchev–Trinajstić information content (AvgIpc) is 2.25. The molecule has 0 aliphatic rings. The summed E-state index contributed by atoms with van der Waals surface area (Å²) >= 11 is 0. The van der Waals surface area contributed by atoms with Gasteiger partial charge in [0, 0.05) is 25.5 Å². The number of aromatic nitrogens is 1. The second-order valence-electron chi connectivity index (χ2n) is 3.86. The summed E-state index contributed by atoms with van der Waals surface area (Å²) in [6, 6.07) is 4.07. The molecule has 0 amide bonds. The Kier molecular flexibility index (Phi) is 5.29. The van der Waals surface area contributed by atoms with Gasteiger partial charge in [0.05, 0.1) is 6.10 Å². The van der Waals surface area contributed by atoms with Crippen LogP contribution in [-0.4, -0.2) is 34.2 Å². The number of rotatable bonds is 6. The molecule has 0 aliphatic carbocycles. The first kappa shape index (κ1) is 12.1. The molecule has 3 nitrogen and oxygen atoms in total. The van der Waals surface area contributed by atoms with Crippen LogP contribution in [0, 0.1) is 0 Å². The van der Waals surface area contributed by atoms with Crippen LogP contribution in [0.5, 0.6) is 0 Å². The monoisotopic (exact) mass is 208 g/mol. The van der Waals surface area contributed by atoms with Crippen LogP contribution < -0.4 is 0 Å². The highest BCUT2D eigenvalue weighted by Gasteiger charge is 2.05. The third-order valence-corrected chi connectivity index (χ3v) is 2.47. The molecule has 0 saturated carbocycles. The van der Waals surface area contributed by atoms with Crippen molar-refractivity contribution in [2.45, 2.75) is 32.9 Å². The van der Waals surface area contributed by atoms with Crippen molar-refractivity contribution >= 4 is 0 Å². The van der Waals surface area contributed by atoms with Gasteiger partial charge in [-0.2, -0.15) is 0 Å². The topological polar surface area (TPSA) is 36.4 Å². The lowest BCUT2D eigenvalue weighted by molar-refractivity contribution is 0.155. The van der Waals surface area contributed by atoms with Gasteiger partial charge < -0.3 is 5.11 Å². The van der Waals surface area contributed by atoms with Gasteiger partial charge in [-0.15, -0.1) is 0 Å². The van der Waals surface area contributed by atoms with E-state index in [1.165, 1.54) is 5.56 Å². The van der Waals surface area contributed by atoms with Crippen molar-refractivity contribution in [3.8, 4) is 0 Å². The summed E-state index contributed by atoms with van der Waals surface area (Å²) in [5, 5.41) is 9.23. The smallest absolute Gasteiger partial charge is 0.0524 e. The van der Waals surface area contributed by atoms with Crippen LogP contribution in [0.4, 0.5) is 0 Å². The fourth-order valence-corrected chi connectivity index (χ4v) is 1.46. The number of aliphatic hydroxyl groups is 1. The quantitative estimate of drug-likeness (QED) is 0.772. The van der Waals surface area contributed by atoms with Crippen LogP contribution in [0.25, 0.3) is 0 Å². The molecule has 3 heteroatoms. The minimum atomic E-state index is -0.212. The fourth-order valence-electron chi connectivity index (χ4n) is 1.46. The van der Waals surface area contributed by atoms with Gasteiger partial charge in [-0.05, 0) is 37.6 Å². The fraction of sp³-hybridized carbons (Fsp3) is 0.583. The molecule has 1 atom stereocenters. The van der Waals surface area contributed by atoms with Crippen LogP contribution in [0.1, 0.15) is 25.8 Å². The molecule has 1 N–H and O–H groups in total. The van der Waals surface area contributed by atoms with Gasteiger partial charge in [0.15, 0.2) is 0 Å². The lowest BCUT2D eigenvalue weighted by Gasteiger charge is -2.20. The minimum absolute atomic E-state index is 0.212. The predicted molar refractivity (Wildman–Crippen MR) is 61.5 cm³/mol. The van der Waals surface area contributed by atoms with Gasteiger partial charge >= 0.3 is 0 Å². The van der Waals surface area contributed by atoms with Crippen molar-refractivity contribution in [2.75, 3.05) is 13.1 Å². The molecule has 0 radical (unpaired) electrons. The molecule has 1 aromatic heterocycles. The Morgan fingerprint density at radius 1 is 1.40 bits per heavy atom. The Balaban J connectivity index is 2.40. The molecule has 1 aromatic rings. The van der Waals surface area contributed by atoms with E-state index < -0.39 is 0 Å². The van der Waals surface area contributed by atoms with Crippen molar-refractivity contribution in [2.24, 2.45) is 0 Å². The van der Waals surface area contributed by atoms with E-state index >= 15 is 0 Å². The van der Waals surface area contributed by atoms with E-state index in [2.05, 4.69) is 16.8 Å². The van der Waals surface area contributed by atoms with Gasteiger partial charge in [-0.25, -0.2) is 0 Å². The van der Waals surface area contributed by atoms with Gasteiger partial charge in [-0.3, -0.25) is 9.88 Å². The highest BCUT2D eigenvalue weighted by Crippen LogP contribution is 2.04. The molecule has 84 valence electrons. The molecule has 0 spiro atoms. The average molecular weight is 208 g/mol. The second-order valence-corrected chi connectivity index (χ2v) is 3.86. The first-order valence-corrected chi connectivity index (χ1v) is 5.51. The van der Waals surface area contributed by atoms with Crippen LogP contribution in [0.15, 0.2) is 24.5 Å². The lowest BCUT2D eigenvalue weighted by atomic mass is 10.2. The van der Waals surface area contributed by atoms with Crippen molar-refractivity contribution in [1.29, 1.82) is 0 Å². The van der Waals surface area contributed by atoms with Crippen LogP contribution >= 0.6 is 0 Å². The normalized spacial score (nSPS) is 13.1. The first-order chi connectivity index (χ1) is 7.22.